The van der Waals surface area contributed by atoms with Crippen LogP contribution >= 0.6 is 11.6 Å². The maximum atomic E-state index is 6.02. The fourth-order valence-corrected chi connectivity index (χ4v) is 1.40. The van der Waals surface area contributed by atoms with Gasteiger partial charge in [-0.05, 0) is 25.8 Å². The monoisotopic (exact) mass is 212 g/mol. The van der Waals surface area contributed by atoms with Crippen LogP contribution in [0.25, 0.3) is 0 Å². The van der Waals surface area contributed by atoms with Gasteiger partial charge in [-0.1, -0.05) is 25.4 Å². The molecule has 1 aromatic heterocycles. The summed E-state index contributed by atoms with van der Waals surface area (Å²) in [5.41, 5.74) is 1.08. The van der Waals surface area contributed by atoms with Crippen LogP contribution in [0.3, 0.4) is 0 Å². The Labute approximate surface area is 90.7 Å². The molecule has 0 aliphatic heterocycles. The number of rotatable bonds is 4. The van der Waals surface area contributed by atoms with Gasteiger partial charge in [0, 0.05) is 17.9 Å². The maximum absolute atomic E-state index is 6.02. The van der Waals surface area contributed by atoms with Gasteiger partial charge in [-0.25, -0.2) is 0 Å². The van der Waals surface area contributed by atoms with E-state index in [4.69, 9.17) is 11.6 Å². The molecule has 14 heavy (non-hydrogen) atoms. The van der Waals surface area contributed by atoms with Gasteiger partial charge < -0.3 is 5.32 Å². The SMILES string of the molecule is CCC(C)(CC)Nc1ccncc1Cl. The predicted molar refractivity (Wildman–Crippen MR) is 61.9 cm³/mol. The first-order valence-corrected chi connectivity index (χ1v) is 5.37. The van der Waals surface area contributed by atoms with E-state index in [0.29, 0.717) is 5.02 Å². The molecular formula is C11H17ClN2. The van der Waals surface area contributed by atoms with E-state index in [0.717, 1.165) is 18.5 Å². The molecule has 0 aliphatic carbocycles. The Balaban J connectivity index is 2.82. The molecule has 1 aromatic rings. The van der Waals surface area contributed by atoms with Crippen LogP contribution in [0.1, 0.15) is 33.6 Å². The molecule has 3 heteroatoms. The fourth-order valence-electron chi connectivity index (χ4n) is 1.23. The van der Waals surface area contributed by atoms with Gasteiger partial charge in [0.15, 0.2) is 0 Å². The largest absolute Gasteiger partial charge is 0.379 e. The van der Waals surface area contributed by atoms with Crippen LogP contribution in [0.5, 0.6) is 0 Å². The topological polar surface area (TPSA) is 24.9 Å². The molecule has 1 N–H and O–H groups in total. The van der Waals surface area contributed by atoms with Gasteiger partial charge in [0.1, 0.15) is 0 Å². The Morgan fingerprint density at radius 3 is 2.57 bits per heavy atom. The van der Waals surface area contributed by atoms with Crippen LogP contribution in [0, 0.1) is 0 Å². The zero-order chi connectivity index (χ0) is 10.6. The van der Waals surface area contributed by atoms with E-state index in [9.17, 15) is 0 Å². The summed E-state index contributed by atoms with van der Waals surface area (Å²) in [7, 11) is 0. The highest BCUT2D eigenvalue weighted by Crippen LogP contribution is 2.26. The average molecular weight is 213 g/mol. The van der Waals surface area contributed by atoms with Crippen molar-refractivity contribution in [3.63, 3.8) is 0 Å². The molecule has 0 atom stereocenters. The van der Waals surface area contributed by atoms with Crippen LogP contribution in [0.4, 0.5) is 5.69 Å². The Hall–Kier alpha value is -0.760. The predicted octanol–water partition coefficient (Wildman–Crippen LogP) is 3.73. The van der Waals surface area contributed by atoms with Crippen molar-refractivity contribution in [1.29, 1.82) is 0 Å². The molecule has 2 nitrogen and oxygen atoms in total. The van der Waals surface area contributed by atoms with Gasteiger partial charge in [0.2, 0.25) is 0 Å². The number of nitrogens with zero attached hydrogens (tertiary/aromatic N) is 1. The number of hydrogen-bond acceptors (Lipinski definition) is 2. The molecule has 0 amide bonds. The second-order valence-electron chi connectivity index (χ2n) is 3.75. The summed E-state index contributed by atoms with van der Waals surface area (Å²) in [6, 6.07) is 1.91. The minimum atomic E-state index is 0.116. The van der Waals surface area contributed by atoms with E-state index in [1.54, 1.807) is 12.4 Å². The molecule has 0 bridgehead atoms. The van der Waals surface area contributed by atoms with Crippen LogP contribution in [0.2, 0.25) is 5.02 Å². The Bertz CT molecular complexity index is 295. The second-order valence-corrected chi connectivity index (χ2v) is 4.16. The van der Waals surface area contributed by atoms with Gasteiger partial charge in [-0.2, -0.15) is 0 Å². The summed E-state index contributed by atoms with van der Waals surface area (Å²) in [4.78, 5) is 3.95. The van der Waals surface area contributed by atoms with Gasteiger partial charge in [-0.3, -0.25) is 4.98 Å². The molecule has 0 unspecified atom stereocenters. The Morgan fingerprint density at radius 1 is 1.43 bits per heavy atom. The van der Waals surface area contributed by atoms with Crippen molar-refractivity contribution in [2.45, 2.75) is 39.2 Å². The highest BCUT2D eigenvalue weighted by atomic mass is 35.5. The van der Waals surface area contributed by atoms with Crippen molar-refractivity contribution in [3.05, 3.63) is 23.5 Å². The first-order chi connectivity index (χ1) is 6.61. The third-order valence-corrected chi connectivity index (χ3v) is 3.07. The molecule has 0 aliphatic rings. The van der Waals surface area contributed by atoms with E-state index in [1.807, 2.05) is 6.07 Å². The van der Waals surface area contributed by atoms with Crippen LogP contribution in [-0.2, 0) is 0 Å². The highest BCUT2D eigenvalue weighted by molar-refractivity contribution is 6.33. The molecule has 0 spiro atoms. The molecular weight excluding hydrogens is 196 g/mol. The van der Waals surface area contributed by atoms with Crippen molar-refractivity contribution < 1.29 is 0 Å². The molecule has 0 saturated heterocycles. The van der Waals surface area contributed by atoms with E-state index in [2.05, 4.69) is 31.1 Å². The second kappa shape index (κ2) is 4.65. The summed E-state index contributed by atoms with van der Waals surface area (Å²) in [5.74, 6) is 0. The molecule has 0 radical (unpaired) electrons. The van der Waals surface area contributed by atoms with Crippen LogP contribution < -0.4 is 5.32 Å². The zero-order valence-electron chi connectivity index (χ0n) is 8.97. The van der Waals surface area contributed by atoms with Gasteiger partial charge in [0.05, 0.1) is 10.7 Å². The number of aromatic nitrogens is 1. The summed E-state index contributed by atoms with van der Waals surface area (Å²) in [6.07, 6.45) is 5.56. The standard InChI is InChI=1S/C11H17ClN2/c1-4-11(3,5-2)14-10-6-7-13-8-9(10)12/h6-8H,4-5H2,1-3H3,(H,13,14). The number of pyridine rings is 1. The lowest BCUT2D eigenvalue weighted by atomic mass is 9.95. The van der Waals surface area contributed by atoms with Crippen molar-refractivity contribution in [2.24, 2.45) is 0 Å². The quantitative estimate of drug-likeness (QED) is 0.823. The van der Waals surface area contributed by atoms with Crippen molar-refractivity contribution in [3.8, 4) is 0 Å². The van der Waals surface area contributed by atoms with Crippen molar-refractivity contribution in [2.75, 3.05) is 5.32 Å². The van der Waals surface area contributed by atoms with Gasteiger partial charge in [0.25, 0.3) is 0 Å². The maximum Gasteiger partial charge on any atom is 0.0820 e. The molecule has 78 valence electrons. The molecule has 0 fully saturated rings. The van der Waals surface area contributed by atoms with Gasteiger partial charge in [-0.15, -0.1) is 0 Å². The molecule has 0 aromatic carbocycles. The fraction of sp³-hybridized carbons (Fsp3) is 0.545. The van der Waals surface area contributed by atoms with Crippen molar-refractivity contribution >= 4 is 17.3 Å². The van der Waals surface area contributed by atoms with E-state index in [-0.39, 0.29) is 5.54 Å². The normalized spacial score (nSPS) is 11.4. The minimum Gasteiger partial charge on any atom is -0.379 e. The van der Waals surface area contributed by atoms with E-state index < -0.39 is 0 Å². The molecule has 1 rings (SSSR count). The minimum absolute atomic E-state index is 0.116. The summed E-state index contributed by atoms with van der Waals surface area (Å²) >= 11 is 6.02. The summed E-state index contributed by atoms with van der Waals surface area (Å²) in [5, 5.41) is 4.13. The van der Waals surface area contributed by atoms with Gasteiger partial charge >= 0.3 is 0 Å². The number of halogens is 1. The Kier molecular flexibility index (Phi) is 3.76. The smallest absolute Gasteiger partial charge is 0.0820 e. The first-order valence-electron chi connectivity index (χ1n) is 4.99. The number of hydrogen-bond donors (Lipinski definition) is 1. The lowest BCUT2D eigenvalue weighted by Gasteiger charge is -2.29. The molecule has 1 heterocycles. The average Bonchev–Trinajstić information content (AvgIpc) is 2.21. The number of nitrogens with one attached hydrogen (secondary N) is 1. The molecule has 0 saturated carbocycles. The van der Waals surface area contributed by atoms with E-state index >= 15 is 0 Å². The summed E-state index contributed by atoms with van der Waals surface area (Å²) in [6.45, 7) is 6.54. The lowest BCUT2D eigenvalue weighted by Crippen LogP contribution is -2.33. The van der Waals surface area contributed by atoms with Crippen molar-refractivity contribution in [1.82, 2.24) is 4.98 Å². The third kappa shape index (κ3) is 2.61. The number of anilines is 1. The summed E-state index contributed by atoms with van der Waals surface area (Å²) < 4.78 is 0. The lowest BCUT2D eigenvalue weighted by molar-refractivity contribution is 0.478. The Morgan fingerprint density at radius 2 is 2.07 bits per heavy atom. The third-order valence-electron chi connectivity index (χ3n) is 2.77. The first kappa shape index (κ1) is 11.3. The highest BCUT2D eigenvalue weighted by Gasteiger charge is 2.19. The van der Waals surface area contributed by atoms with Crippen LogP contribution in [-0.4, -0.2) is 10.5 Å². The zero-order valence-corrected chi connectivity index (χ0v) is 9.73. The van der Waals surface area contributed by atoms with E-state index in [1.165, 1.54) is 0 Å². The van der Waals surface area contributed by atoms with Crippen LogP contribution in [0.15, 0.2) is 18.5 Å².